The third-order valence-corrected chi connectivity index (χ3v) is 8.52. The maximum atomic E-state index is 12.8. The van der Waals surface area contributed by atoms with Crippen LogP contribution in [0.5, 0.6) is 0 Å². The average Bonchev–Trinajstić information content (AvgIpc) is 3.72. The molecular weight excluding hydrogens is 565 g/mol. The molecule has 198 valence electrons. The van der Waals surface area contributed by atoms with E-state index in [4.69, 9.17) is 18.9 Å². The normalized spacial score (nSPS) is 40.0. The number of halogens is 1. The number of ether oxygens (including phenoxy) is 4. The van der Waals surface area contributed by atoms with Crippen LogP contribution in [0.15, 0.2) is 11.6 Å². The summed E-state index contributed by atoms with van der Waals surface area (Å²) in [6, 6.07) is 0.209. The minimum absolute atomic E-state index is 0.00141. The van der Waals surface area contributed by atoms with Crippen molar-refractivity contribution in [3.63, 3.8) is 0 Å². The Balaban J connectivity index is 1.30. The number of nitrogens with one attached hydrogen (secondary N) is 3. The van der Waals surface area contributed by atoms with Crippen LogP contribution in [0, 0.1) is 5.92 Å². The second-order valence-corrected chi connectivity index (χ2v) is 11.7. The van der Waals surface area contributed by atoms with Gasteiger partial charge in [-0.1, -0.05) is 11.6 Å². The van der Waals surface area contributed by atoms with E-state index in [0.29, 0.717) is 19.6 Å². The van der Waals surface area contributed by atoms with E-state index in [0.717, 1.165) is 38.5 Å². The summed E-state index contributed by atoms with van der Waals surface area (Å²) >= 11 is 1.96. The van der Waals surface area contributed by atoms with Crippen LogP contribution in [0.3, 0.4) is 0 Å². The third-order valence-electron chi connectivity index (χ3n) is 8.14. The first-order valence-corrected chi connectivity index (χ1v) is 13.9. The van der Waals surface area contributed by atoms with Crippen LogP contribution in [0.2, 0.25) is 0 Å². The van der Waals surface area contributed by atoms with Crippen LogP contribution in [0.4, 0.5) is 4.79 Å². The van der Waals surface area contributed by atoms with Gasteiger partial charge in [0.05, 0.1) is 25.2 Å². The predicted octanol–water partition coefficient (Wildman–Crippen LogP) is 3.16. The highest BCUT2D eigenvalue weighted by atomic mass is 127. The zero-order valence-corrected chi connectivity index (χ0v) is 23.4. The van der Waals surface area contributed by atoms with E-state index >= 15 is 0 Å². The van der Waals surface area contributed by atoms with Gasteiger partial charge >= 0.3 is 6.09 Å². The van der Waals surface area contributed by atoms with Gasteiger partial charge in [0, 0.05) is 42.1 Å². The lowest BCUT2D eigenvalue weighted by molar-refractivity contribution is -0.120. The lowest BCUT2D eigenvalue weighted by Crippen LogP contribution is -2.56. The molecule has 2 heterocycles. The van der Waals surface area contributed by atoms with Gasteiger partial charge in [-0.2, -0.15) is 0 Å². The minimum Gasteiger partial charge on any atom is -0.443 e. The number of carbonyl (C=O) groups is 2. The Morgan fingerprint density at radius 3 is 2.34 bits per heavy atom. The molecule has 0 radical (unpaired) electrons. The second-order valence-electron chi connectivity index (χ2n) is 10.9. The van der Waals surface area contributed by atoms with E-state index in [9.17, 15) is 9.59 Å². The number of rotatable bonds is 9. The van der Waals surface area contributed by atoms with Gasteiger partial charge in [-0.05, 0) is 65.7 Å². The first kappa shape index (κ1) is 27.1. The Morgan fingerprint density at radius 2 is 1.77 bits per heavy atom. The standard InChI is InChI=1S/C25H40IN3O6/c1-15(2)5-10-19-24(3,35-19)22-21(32-4)18(11-12-25(22)14-33-25)34-23(31)29-17-8-6-16(7-9-17)28-20(30)13-27-26/h5,16-19,21-22,27H,6-14H2,1-4H3,(H,28,30)(H,29,31)/t16?,17?,18?,19-,21?,22?,24?,25+/m1/s1. The molecule has 0 bridgehead atoms. The molecule has 2 aliphatic carbocycles. The summed E-state index contributed by atoms with van der Waals surface area (Å²) in [5.74, 6) is 0.0136. The van der Waals surface area contributed by atoms with Crippen molar-refractivity contribution >= 4 is 34.9 Å². The first-order chi connectivity index (χ1) is 16.7. The van der Waals surface area contributed by atoms with Gasteiger partial charge in [0.25, 0.3) is 0 Å². The maximum absolute atomic E-state index is 12.8. The second kappa shape index (κ2) is 11.2. The summed E-state index contributed by atoms with van der Waals surface area (Å²) in [4.78, 5) is 24.6. The number of epoxide rings is 2. The largest absolute Gasteiger partial charge is 0.443 e. The summed E-state index contributed by atoms with van der Waals surface area (Å²) in [6.45, 7) is 7.35. The fraction of sp³-hybridized carbons (Fsp3) is 0.840. The highest BCUT2D eigenvalue weighted by Gasteiger charge is 2.72. The summed E-state index contributed by atoms with van der Waals surface area (Å²) in [5, 5.41) is 6.08. The van der Waals surface area contributed by atoms with Crippen molar-refractivity contribution in [3.05, 3.63) is 11.6 Å². The summed E-state index contributed by atoms with van der Waals surface area (Å²) in [5.41, 5.74) is 0.692. The SMILES string of the molecule is COC1C(OC(=O)NC2CCC(NC(=O)CNI)CC2)CC[C@]2(CO2)C1C1(C)O[C@@H]1CC=C(C)C. The van der Waals surface area contributed by atoms with Gasteiger partial charge in [-0.3, -0.25) is 8.32 Å². The molecule has 2 amide bonds. The van der Waals surface area contributed by atoms with Crippen molar-refractivity contribution in [2.75, 3.05) is 20.3 Å². The molecule has 6 atom stereocenters. The van der Waals surface area contributed by atoms with Gasteiger partial charge in [-0.15, -0.1) is 0 Å². The van der Waals surface area contributed by atoms with Gasteiger partial charge < -0.3 is 29.6 Å². The lowest BCUT2D eigenvalue weighted by Gasteiger charge is -2.42. The van der Waals surface area contributed by atoms with Crippen molar-refractivity contribution in [2.24, 2.45) is 5.92 Å². The van der Waals surface area contributed by atoms with Crippen LogP contribution in [-0.2, 0) is 23.7 Å². The van der Waals surface area contributed by atoms with Crippen molar-refractivity contribution < 1.29 is 28.5 Å². The average molecular weight is 606 g/mol. The Hall–Kier alpha value is -0.950. The molecule has 1 spiro atoms. The molecule has 4 aliphatic rings. The van der Waals surface area contributed by atoms with E-state index in [2.05, 4.69) is 41.0 Å². The van der Waals surface area contributed by atoms with Crippen molar-refractivity contribution in [3.8, 4) is 0 Å². The number of methoxy groups -OCH3 is 1. The summed E-state index contributed by atoms with van der Waals surface area (Å²) in [7, 11) is 1.69. The lowest BCUT2D eigenvalue weighted by atomic mass is 9.68. The zero-order chi connectivity index (χ0) is 25.2. The smallest absolute Gasteiger partial charge is 0.407 e. The molecule has 3 N–H and O–H groups in total. The zero-order valence-electron chi connectivity index (χ0n) is 21.2. The van der Waals surface area contributed by atoms with E-state index < -0.39 is 6.09 Å². The van der Waals surface area contributed by atoms with Crippen LogP contribution in [0.25, 0.3) is 0 Å². The first-order valence-electron chi connectivity index (χ1n) is 12.8. The molecule has 0 aromatic rings. The van der Waals surface area contributed by atoms with Crippen LogP contribution in [-0.4, -0.2) is 73.9 Å². The van der Waals surface area contributed by atoms with E-state index in [1.54, 1.807) is 7.11 Å². The van der Waals surface area contributed by atoms with E-state index in [1.807, 2.05) is 22.9 Å². The Morgan fingerprint density at radius 1 is 1.11 bits per heavy atom. The molecule has 4 fully saturated rings. The quantitative estimate of drug-likeness (QED) is 0.160. The number of allylic oxidation sites excluding steroid dienone is 1. The Bertz CT molecular complexity index is 809. The van der Waals surface area contributed by atoms with Gasteiger partial charge in [0.15, 0.2) is 0 Å². The monoisotopic (exact) mass is 605 g/mol. The molecular formula is C25H40IN3O6. The van der Waals surface area contributed by atoms with Crippen molar-refractivity contribution in [1.29, 1.82) is 0 Å². The number of hydrogen-bond acceptors (Lipinski definition) is 7. The number of hydrogen-bond donors (Lipinski definition) is 3. The van der Waals surface area contributed by atoms with Gasteiger partial charge in [0.1, 0.15) is 23.4 Å². The van der Waals surface area contributed by atoms with Gasteiger partial charge in [-0.25, -0.2) is 4.79 Å². The summed E-state index contributed by atoms with van der Waals surface area (Å²) in [6.07, 6.45) is 7.03. The topological polar surface area (TPSA) is 114 Å². The molecule has 0 aromatic heterocycles. The molecule has 2 saturated heterocycles. The van der Waals surface area contributed by atoms with Crippen molar-refractivity contribution in [2.45, 2.75) is 107 Å². The third kappa shape index (κ3) is 6.31. The molecule has 9 nitrogen and oxygen atoms in total. The van der Waals surface area contributed by atoms with Crippen molar-refractivity contribution in [1.82, 2.24) is 14.2 Å². The molecule has 10 heteroatoms. The number of amides is 2. The number of alkyl carbamates (subject to hydrolysis) is 1. The Labute approximate surface area is 222 Å². The molecule has 4 rings (SSSR count). The highest BCUT2D eigenvalue weighted by molar-refractivity contribution is 14.1. The van der Waals surface area contributed by atoms with E-state index in [1.165, 1.54) is 5.57 Å². The van der Waals surface area contributed by atoms with Gasteiger partial charge in [0.2, 0.25) is 5.91 Å². The van der Waals surface area contributed by atoms with Crippen LogP contribution >= 0.6 is 22.9 Å². The van der Waals surface area contributed by atoms with Crippen LogP contribution in [0.1, 0.15) is 65.7 Å². The fourth-order valence-electron chi connectivity index (χ4n) is 6.13. The minimum atomic E-state index is -0.395. The molecule has 2 aliphatic heterocycles. The summed E-state index contributed by atoms with van der Waals surface area (Å²) < 4.78 is 27.0. The predicted molar refractivity (Wildman–Crippen MR) is 139 cm³/mol. The maximum Gasteiger partial charge on any atom is 0.407 e. The van der Waals surface area contributed by atoms with Crippen LogP contribution < -0.4 is 14.2 Å². The fourth-order valence-corrected chi connectivity index (χ4v) is 6.48. The highest BCUT2D eigenvalue weighted by Crippen LogP contribution is 2.59. The number of carbonyl (C=O) groups excluding carboxylic acids is 2. The molecule has 35 heavy (non-hydrogen) atoms. The molecule has 4 unspecified atom stereocenters. The Kier molecular flexibility index (Phi) is 8.67. The molecule has 2 saturated carbocycles. The molecule has 0 aromatic carbocycles. The van der Waals surface area contributed by atoms with E-state index in [-0.39, 0.29) is 53.4 Å².